The van der Waals surface area contributed by atoms with Crippen molar-refractivity contribution in [1.29, 1.82) is 0 Å². The highest BCUT2D eigenvalue weighted by Gasteiger charge is 2.30. The number of aliphatic hydroxyl groups excluding tert-OH is 1. The van der Waals surface area contributed by atoms with Gasteiger partial charge in [0.1, 0.15) is 19.3 Å². The number of carbonyl (C=O) groups is 4. The summed E-state index contributed by atoms with van der Waals surface area (Å²) in [5.74, 6) is -2.19. The third kappa shape index (κ3) is 72.8. The van der Waals surface area contributed by atoms with Crippen LogP contribution in [-0.4, -0.2) is 96.7 Å². The Morgan fingerprint density at radius 3 is 0.830 bits per heavy atom. The smallest absolute Gasteiger partial charge is 0.462 e. The Morgan fingerprint density at radius 1 is 0.290 bits per heavy atom. The van der Waals surface area contributed by atoms with Crippen LogP contribution in [0.4, 0.5) is 0 Å². The zero-order chi connectivity index (χ0) is 73.2. The van der Waals surface area contributed by atoms with Crippen molar-refractivity contribution in [3.63, 3.8) is 0 Å². The highest BCUT2D eigenvalue weighted by atomic mass is 31.2. The van der Waals surface area contributed by atoms with Gasteiger partial charge in [-0.1, -0.05) is 312 Å². The molecule has 0 radical (unpaired) electrons. The van der Waals surface area contributed by atoms with Crippen LogP contribution in [0, 0.1) is 0 Å². The van der Waals surface area contributed by atoms with Crippen LogP contribution in [0.5, 0.6) is 0 Å². The standard InChI is InChI=1S/C81H146O17P2/c1-5-9-13-17-21-25-29-33-35-36-37-38-40-44-46-50-54-58-62-66-79(84)92-72-77(98-81(86)68-64-60-56-52-48-42-32-28-24-20-16-12-8-4)74-96-100(89,90)94-70-75(82)69-93-99(87,88)95-73-76(97-80(85)67-63-59-55-51-47-41-31-27-23-19-15-11-7-3)71-91-78(83)65-61-57-53-49-45-43-39-34-30-26-22-18-14-10-6-2/h9,13,21,25,27,31,33,35,37-38,44,46,75-77,82H,5-8,10-12,14-20,22-24,26,28-30,32,34,36,39-43,45,47-74H2,1-4H3,(H,87,88)(H,89,90)/b13-9-,25-21-,31-27-,35-33-,38-37-,46-44-. The molecular formula is C81H146O17P2. The lowest BCUT2D eigenvalue weighted by molar-refractivity contribution is -0.161. The molecule has 100 heavy (non-hydrogen) atoms. The van der Waals surface area contributed by atoms with E-state index in [4.69, 9.17) is 37.0 Å². The van der Waals surface area contributed by atoms with E-state index in [1.54, 1.807) is 0 Å². The fourth-order valence-electron chi connectivity index (χ4n) is 11.1. The molecule has 0 spiro atoms. The van der Waals surface area contributed by atoms with Gasteiger partial charge in [0.25, 0.3) is 0 Å². The molecule has 0 aliphatic carbocycles. The molecule has 0 aliphatic heterocycles. The molecule has 0 saturated heterocycles. The molecular weight excluding hydrogens is 1310 g/mol. The van der Waals surface area contributed by atoms with Crippen LogP contribution in [0.15, 0.2) is 72.9 Å². The van der Waals surface area contributed by atoms with Crippen LogP contribution in [-0.2, 0) is 65.4 Å². The molecule has 0 aliphatic rings. The lowest BCUT2D eigenvalue weighted by atomic mass is 10.0. The average molecular weight is 1450 g/mol. The molecule has 0 aromatic heterocycles. The van der Waals surface area contributed by atoms with Crippen molar-refractivity contribution in [3.8, 4) is 0 Å². The van der Waals surface area contributed by atoms with E-state index in [0.29, 0.717) is 25.7 Å². The molecule has 0 saturated carbocycles. The molecule has 3 N–H and O–H groups in total. The zero-order valence-corrected chi connectivity index (χ0v) is 65.4. The van der Waals surface area contributed by atoms with Crippen molar-refractivity contribution in [2.45, 2.75) is 380 Å². The topological polar surface area (TPSA) is 237 Å². The average Bonchev–Trinajstić information content (AvgIpc) is 0.935. The van der Waals surface area contributed by atoms with Gasteiger partial charge in [-0.3, -0.25) is 37.3 Å². The van der Waals surface area contributed by atoms with Crippen LogP contribution < -0.4 is 0 Å². The quantitative estimate of drug-likeness (QED) is 0.0169. The molecule has 0 aromatic carbocycles. The maximum absolute atomic E-state index is 13.1. The van der Waals surface area contributed by atoms with Gasteiger partial charge < -0.3 is 33.8 Å². The summed E-state index contributed by atoms with van der Waals surface area (Å²) in [7, 11) is -9.95. The molecule has 0 aromatic rings. The molecule has 19 heteroatoms. The first-order chi connectivity index (χ1) is 48.7. The van der Waals surface area contributed by atoms with Crippen molar-refractivity contribution in [1.82, 2.24) is 0 Å². The molecule has 0 bridgehead atoms. The van der Waals surface area contributed by atoms with Crippen molar-refractivity contribution in [3.05, 3.63) is 72.9 Å². The van der Waals surface area contributed by atoms with E-state index >= 15 is 0 Å². The number of ether oxygens (including phenoxy) is 4. The van der Waals surface area contributed by atoms with Crippen LogP contribution in [0.3, 0.4) is 0 Å². The third-order valence-corrected chi connectivity index (χ3v) is 19.1. The van der Waals surface area contributed by atoms with Gasteiger partial charge in [0.2, 0.25) is 0 Å². The second-order valence-electron chi connectivity index (χ2n) is 27.0. The minimum atomic E-state index is -4.98. The van der Waals surface area contributed by atoms with Crippen LogP contribution in [0.1, 0.15) is 362 Å². The molecule has 0 heterocycles. The summed E-state index contributed by atoms with van der Waals surface area (Å²) in [4.78, 5) is 72.9. The molecule has 0 fully saturated rings. The highest BCUT2D eigenvalue weighted by molar-refractivity contribution is 7.47. The first-order valence-corrected chi connectivity index (χ1v) is 43.2. The lowest BCUT2D eigenvalue weighted by Crippen LogP contribution is -2.30. The summed E-state index contributed by atoms with van der Waals surface area (Å²) in [5, 5.41) is 10.6. The van der Waals surface area contributed by atoms with Gasteiger partial charge in [-0.15, -0.1) is 0 Å². The van der Waals surface area contributed by atoms with E-state index < -0.39 is 97.5 Å². The monoisotopic (exact) mass is 1450 g/mol. The molecule has 17 nitrogen and oxygen atoms in total. The number of aliphatic hydroxyl groups is 1. The Bertz CT molecular complexity index is 2180. The van der Waals surface area contributed by atoms with Gasteiger partial charge >= 0.3 is 39.5 Å². The van der Waals surface area contributed by atoms with Gasteiger partial charge in [0, 0.05) is 25.7 Å². The largest absolute Gasteiger partial charge is 0.472 e. The Morgan fingerprint density at radius 2 is 0.520 bits per heavy atom. The van der Waals surface area contributed by atoms with Crippen LogP contribution in [0.25, 0.3) is 0 Å². The number of phosphoric ester groups is 2. The van der Waals surface area contributed by atoms with E-state index in [2.05, 4.69) is 101 Å². The second-order valence-corrected chi connectivity index (χ2v) is 29.9. The molecule has 5 unspecified atom stereocenters. The van der Waals surface area contributed by atoms with Gasteiger partial charge in [-0.2, -0.15) is 0 Å². The SMILES string of the molecule is CC/C=C\C/C=C\C/C=C\C/C=C\C/C=C\CCCCCC(=O)OCC(COP(=O)(O)OCC(O)COP(=O)(O)OCC(COC(=O)CCCCCCCCCCCCCCCCC)OC(=O)CCCCCCC/C=C\CCCCCC)OC(=O)CCCCCCCCCCCCCCC. The van der Waals surface area contributed by atoms with Gasteiger partial charge in [-0.25, -0.2) is 9.13 Å². The fourth-order valence-corrected chi connectivity index (χ4v) is 12.6. The summed E-state index contributed by atoms with van der Waals surface area (Å²) in [6.45, 7) is 4.77. The Kier molecular flexibility index (Phi) is 71.2. The van der Waals surface area contributed by atoms with E-state index in [0.717, 1.165) is 135 Å². The lowest BCUT2D eigenvalue weighted by Gasteiger charge is -2.21. The minimum Gasteiger partial charge on any atom is -0.462 e. The maximum atomic E-state index is 13.1. The number of hydrogen-bond donors (Lipinski definition) is 3. The predicted octanol–water partition coefficient (Wildman–Crippen LogP) is 23.2. The van der Waals surface area contributed by atoms with E-state index in [-0.39, 0.29) is 25.7 Å². The van der Waals surface area contributed by atoms with E-state index in [9.17, 15) is 43.2 Å². The predicted molar refractivity (Wildman–Crippen MR) is 409 cm³/mol. The number of phosphoric acid groups is 2. The molecule has 0 amide bonds. The number of carbonyl (C=O) groups excluding carboxylic acids is 4. The first kappa shape index (κ1) is 96.5. The van der Waals surface area contributed by atoms with Crippen molar-refractivity contribution < 1.29 is 80.2 Å². The third-order valence-electron chi connectivity index (χ3n) is 17.2. The molecule has 0 rings (SSSR count). The number of rotatable bonds is 76. The number of hydrogen-bond acceptors (Lipinski definition) is 15. The van der Waals surface area contributed by atoms with Gasteiger partial charge in [0.05, 0.1) is 26.4 Å². The first-order valence-electron chi connectivity index (χ1n) is 40.2. The number of allylic oxidation sites excluding steroid dienone is 12. The van der Waals surface area contributed by atoms with Crippen molar-refractivity contribution >= 4 is 39.5 Å². The van der Waals surface area contributed by atoms with Crippen LogP contribution in [0.2, 0.25) is 0 Å². The van der Waals surface area contributed by atoms with Crippen molar-refractivity contribution in [2.24, 2.45) is 0 Å². The molecule has 5 atom stereocenters. The summed E-state index contributed by atoms with van der Waals surface area (Å²) >= 11 is 0. The Labute approximate surface area is 609 Å². The van der Waals surface area contributed by atoms with E-state index in [1.807, 2.05) is 0 Å². The highest BCUT2D eigenvalue weighted by Crippen LogP contribution is 2.45. The van der Waals surface area contributed by atoms with Gasteiger partial charge in [-0.05, 0) is 96.3 Å². The summed E-state index contributed by atoms with van der Waals surface area (Å²) in [6.07, 6.45) is 74.5. The second kappa shape index (κ2) is 73.8. The van der Waals surface area contributed by atoms with Gasteiger partial charge in [0.15, 0.2) is 12.2 Å². The fraction of sp³-hybridized carbons (Fsp3) is 0.802. The maximum Gasteiger partial charge on any atom is 0.472 e. The zero-order valence-electron chi connectivity index (χ0n) is 63.6. The number of unbranched alkanes of at least 4 members (excludes halogenated alkanes) is 38. The summed E-state index contributed by atoms with van der Waals surface area (Å²) in [5.41, 5.74) is 0. The Balaban J connectivity index is 5.33. The number of esters is 4. The van der Waals surface area contributed by atoms with Crippen LogP contribution >= 0.6 is 15.6 Å². The van der Waals surface area contributed by atoms with Crippen molar-refractivity contribution in [2.75, 3.05) is 39.6 Å². The summed E-state index contributed by atoms with van der Waals surface area (Å²) < 4.78 is 68.6. The molecule has 582 valence electrons. The Hall–Kier alpha value is -3.50. The minimum absolute atomic E-state index is 0.0895. The van der Waals surface area contributed by atoms with E-state index in [1.165, 1.54) is 148 Å². The normalized spacial score (nSPS) is 14.3. The summed E-state index contributed by atoms with van der Waals surface area (Å²) in [6, 6.07) is 0.